The lowest BCUT2D eigenvalue weighted by atomic mass is 10.1. The third-order valence-electron chi connectivity index (χ3n) is 2.35. The molecule has 0 bridgehead atoms. The number of rotatable bonds is 8. The van der Waals surface area contributed by atoms with Crippen LogP contribution in [0.2, 0.25) is 0 Å². The van der Waals surface area contributed by atoms with E-state index in [0.29, 0.717) is 12.3 Å². The molecule has 0 aromatic carbocycles. The minimum absolute atomic E-state index is 0.326. The molecule has 4 heteroatoms. The van der Waals surface area contributed by atoms with Gasteiger partial charge in [0, 0.05) is 6.42 Å². The lowest BCUT2D eigenvalue weighted by Gasteiger charge is -2.09. The third-order valence-corrected chi connectivity index (χ3v) is 2.35. The van der Waals surface area contributed by atoms with Crippen LogP contribution in [0.5, 0.6) is 0 Å². The van der Waals surface area contributed by atoms with Gasteiger partial charge in [-0.15, -0.1) is 0 Å². The number of amidine groups is 1. The molecule has 0 radical (unpaired) electrons. The van der Waals surface area contributed by atoms with Gasteiger partial charge in [-0.3, -0.25) is 0 Å². The van der Waals surface area contributed by atoms with Crippen molar-refractivity contribution in [1.82, 2.24) is 5.32 Å². The summed E-state index contributed by atoms with van der Waals surface area (Å²) in [6, 6.07) is 0. The molecular formula is C10H23N3O. The van der Waals surface area contributed by atoms with E-state index in [0.717, 1.165) is 31.8 Å². The molecule has 84 valence electrons. The SMILES string of the molecule is CCC(C)CNCCCCC(N)=NO. The molecule has 0 spiro atoms. The zero-order valence-electron chi connectivity index (χ0n) is 9.29. The monoisotopic (exact) mass is 201 g/mol. The summed E-state index contributed by atoms with van der Waals surface area (Å²) in [6.45, 7) is 6.54. The van der Waals surface area contributed by atoms with E-state index < -0.39 is 0 Å². The normalized spacial score (nSPS) is 14.3. The van der Waals surface area contributed by atoms with Crippen molar-refractivity contribution in [1.29, 1.82) is 0 Å². The first-order valence-corrected chi connectivity index (χ1v) is 5.37. The first kappa shape index (κ1) is 13.2. The van der Waals surface area contributed by atoms with Crippen LogP contribution < -0.4 is 11.1 Å². The molecule has 0 aromatic heterocycles. The fourth-order valence-corrected chi connectivity index (χ4v) is 1.10. The Bertz CT molecular complexity index is 159. The summed E-state index contributed by atoms with van der Waals surface area (Å²) < 4.78 is 0. The molecule has 0 rings (SSSR count). The Hall–Kier alpha value is -0.770. The van der Waals surface area contributed by atoms with Crippen LogP contribution in [-0.2, 0) is 0 Å². The molecule has 0 aliphatic heterocycles. The van der Waals surface area contributed by atoms with E-state index >= 15 is 0 Å². The highest BCUT2D eigenvalue weighted by Gasteiger charge is 1.97. The van der Waals surface area contributed by atoms with E-state index in [4.69, 9.17) is 10.9 Å². The fraction of sp³-hybridized carbons (Fsp3) is 0.900. The summed E-state index contributed by atoms with van der Waals surface area (Å²) in [6.07, 6.45) is 3.95. The topological polar surface area (TPSA) is 70.6 Å². The van der Waals surface area contributed by atoms with Gasteiger partial charge in [0.2, 0.25) is 0 Å². The van der Waals surface area contributed by atoms with Crippen LogP contribution in [0.1, 0.15) is 39.5 Å². The van der Waals surface area contributed by atoms with E-state index in [-0.39, 0.29) is 0 Å². The highest BCUT2D eigenvalue weighted by atomic mass is 16.4. The summed E-state index contributed by atoms with van der Waals surface area (Å²) in [5.41, 5.74) is 5.34. The molecule has 0 aliphatic carbocycles. The van der Waals surface area contributed by atoms with E-state index in [2.05, 4.69) is 24.3 Å². The van der Waals surface area contributed by atoms with Crippen LogP contribution in [0.15, 0.2) is 5.16 Å². The second-order valence-electron chi connectivity index (χ2n) is 3.77. The summed E-state index contributed by atoms with van der Waals surface area (Å²) in [5, 5.41) is 14.6. The lowest BCUT2D eigenvalue weighted by Crippen LogP contribution is -2.22. The quantitative estimate of drug-likeness (QED) is 0.183. The Kier molecular flexibility index (Phi) is 8.33. The van der Waals surface area contributed by atoms with Crippen molar-refractivity contribution in [2.45, 2.75) is 39.5 Å². The number of hydrogen-bond acceptors (Lipinski definition) is 3. The number of hydrogen-bond donors (Lipinski definition) is 3. The van der Waals surface area contributed by atoms with Gasteiger partial charge in [-0.1, -0.05) is 25.4 Å². The van der Waals surface area contributed by atoms with Gasteiger partial charge in [-0.25, -0.2) is 0 Å². The maximum atomic E-state index is 8.29. The molecule has 0 amide bonds. The number of nitrogens with zero attached hydrogens (tertiary/aromatic N) is 1. The second kappa shape index (κ2) is 8.81. The minimum atomic E-state index is 0.326. The Labute approximate surface area is 86.6 Å². The van der Waals surface area contributed by atoms with Gasteiger partial charge in [0.05, 0.1) is 0 Å². The Morgan fingerprint density at radius 3 is 2.79 bits per heavy atom. The molecule has 0 fully saturated rings. The van der Waals surface area contributed by atoms with Gasteiger partial charge in [0.15, 0.2) is 0 Å². The maximum absolute atomic E-state index is 8.29. The van der Waals surface area contributed by atoms with Gasteiger partial charge >= 0.3 is 0 Å². The van der Waals surface area contributed by atoms with Crippen LogP contribution in [0.3, 0.4) is 0 Å². The van der Waals surface area contributed by atoms with Gasteiger partial charge in [-0.05, 0) is 31.8 Å². The molecule has 14 heavy (non-hydrogen) atoms. The van der Waals surface area contributed by atoms with Gasteiger partial charge in [0.25, 0.3) is 0 Å². The predicted octanol–water partition coefficient (Wildman–Crippen LogP) is 1.54. The van der Waals surface area contributed by atoms with Crippen LogP contribution in [0, 0.1) is 5.92 Å². The largest absolute Gasteiger partial charge is 0.409 e. The molecule has 0 saturated carbocycles. The standard InChI is InChI=1S/C10H23N3O/c1-3-9(2)8-12-7-5-4-6-10(11)13-14/h9,12,14H,3-8H2,1-2H3,(H2,11,13). The van der Waals surface area contributed by atoms with Crippen LogP contribution in [-0.4, -0.2) is 24.1 Å². The number of oxime groups is 1. The van der Waals surface area contributed by atoms with Crippen molar-refractivity contribution in [3.05, 3.63) is 0 Å². The van der Waals surface area contributed by atoms with Crippen molar-refractivity contribution in [2.24, 2.45) is 16.8 Å². The van der Waals surface area contributed by atoms with Crippen molar-refractivity contribution in [2.75, 3.05) is 13.1 Å². The van der Waals surface area contributed by atoms with Crippen molar-refractivity contribution in [3.63, 3.8) is 0 Å². The molecule has 1 atom stereocenters. The smallest absolute Gasteiger partial charge is 0.139 e. The lowest BCUT2D eigenvalue weighted by molar-refractivity contribution is 0.316. The number of nitrogens with one attached hydrogen (secondary N) is 1. The van der Waals surface area contributed by atoms with Crippen LogP contribution in [0.25, 0.3) is 0 Å². The molecule has 0 aromatic rings. The van der Waals surface area contributed by atoms with E-state index in [1.54, 1.807) is 0 Å². The molecule has 1 unspecified atom stereocenters. The molecule has 4 nitrogen and oxygen atoms in total. The number of nitrogens with two attached hydrogens (primary N) is 1. The average molecular weight is 201 g/mol. The summed E-state index contributed by atoms with van der Waals surface area (Å²) in [4.78, 5) is 0. The van der Waals surface area contributed by atoms with E-state index in [1.807, 2.05) is 0 Å². The second-order valence-corrected chi connectivity index (χ2v) is 3.77. The summed E-state index contributed by atoms with van der Waals surface area (Å²) >= 11 is 0. The number of unbranched alkanes of at least 4 members (excludes halogenated alkanes) is 1. The maximum Gasteiger partial charge on any atom is 0.139 e. The van der Waals surface area contributed by atoms with Gasteiger partial charge in [-0.2, -0.15) is 0 Å². The van der Waals surface area contributed by atoms with Gasteiger partial charge in [0.1, 0.15) is 5.84 Å². The average Bonchev–Trinajstić information content (AvgIpc) is 2.22. The van der Waals surface area contributed by atoms with Crippen LogP contribution in [0.4, 0.5) is 0 Å². The Balaban J connectivity index is 3.14. The zero-order valence-corrected chi connectivity index (χ0v) is 9.29. The van der Waals surface area contributed by atoms with Crippen molar-refractivity contribution in [3.8, 4) is 0 Å². The van der Waals surface area contributed by atoms with Crippen molar-refractivity contribution >= 4 is 5.84 Å². The molecule has 0 aliphatic rings. The fourth-order valence-electron chi connectivity index (χ4n) is 1.10. The minimum Gasteiger partial charge on any atom is -0.409 e. The highest BCUT2D eigenvalue weighted by molar-refractivity contribution is 5.79. The predicted molar refractivity (Wildman–Crippen MR) is 59.6 cm³/mol. The van der Waals surface area contributed by atoms with E-state index in [9.17, 15) is 0 Å². The first-order chi connectivity index (χ1) is 6.70. The highest BCUT2D eigenvalue weighted by Crippen LogP contribution is 1.98. The molecule has 0 saturated heterocycles. The van der Waals surface area contributed by atoms with Gasteiger partial charge < -0.3 is 16.3 Å². The molecule has 0 heterocycles. The zero-order chi connectivity index (χ0) is 10.8. The summed E-state index contributed by atoms with van der Waals surface area (Å²) in [5.74, 6) is 1.08. The van der Waals surface area contributed by atoms with Crippen molar-refractivity contribution < 1.29 is 5.21 Å². The van der Waals surface area contributed by atoms with E-state index in [1.165, 1.54) is 6.42 Å². The first-order valence-electron chi connectivity index (χ1n) is 5.37. The molecule has 4 N–H and O–H groups in total. The molecular weight excluding hydrogens is 178 g/mol. The van der Waals surface area contributed by atoms with Crippen LogP contribution >= 0.6 is 0 Å². The Morgan fingerprint density at radius 1 is 1.50 bits per heavy atom. The summed E-state index contributed by atoms with van der Waals surface area (Å²) in [7, 11) is 0. The third kappa shape index (κ3) is 7.86. The Morgan fingerprint density at radius 2 is 2.21 bits per heavy atom.